The van der Waals surface area contributed by atoms with Crippen LogP contribution in [0.2, 0.25) is 0 Å². The second-order valence-electron chi connectivity index (χ2n) is 5.20. The number of hydrogen-bond acceptors (Lipinski definition) is 3. The molecule has 2 aliphatic rings. The molecule has 0 radical (unpaired) electrons. The summed E-state index contributed by atoms with van der Waals surface area (Å²) in [6.45, 7) is 3.39. The van der Waals surface area contributed by atoms with Gasteiger partial charge in [-0.05, 0) is 12.8 Å². The quantitative estimate of drug-likeness (QED) is 0.793. The summed E-state index contributed by atoms with van der Waals surface area (Å²) in [5, 5.41) is 0. The zero-order valence-corrected chi connectivity index (χ0v) is 10.1. The Kier molecular flexibility index (Phi) is 2.97. The third kappa shape index (κ3) is 2.27. The van der Waals surface area contributed by atoms with Crippen LogP contribution in [-0.4, -0.2) is 33.3 Å². The van der Waals surface area contributed by atoms with E-state index >= 15 is 0 Å². The molecule has 0 saturated heterocycles. The number of carbonyl (C=O) groups excluding carboxylic acids is 1. The van der Waals surface area contributed by atoms with E-state index < -0.39 is 0 Å². The Morgan fingerprint density at radius 1 is 1.35 bits per heavy atom. The molecular formula is C13H19N3O. The van der Waals surface area contributed by atoms with Crippen molar-refractivity contribution in [1.29, 1.82) is 0 Å². The summed E-state index contributed by atoms with van der Waals surface area (Å²) in [5.41, 5.74) is 0. The lowest BCUT2D eigenvalue weighted by molar-refractivity contribution is -0.124. The van der Waals surface area contributed by atoms with Crippen molar-refractivity contribution in [2.24, 2.45) is 5.92 Å². The fourth-order valence-corrected chi connectivity index (χ4v) is 2.96. The Balaban J connectivity index is 1.58. The van der Waals surface area contributed by atoms with Crippen LogP contribution >= 0.6 is 0 Å². The molecule has 0 bridgehead atoms. The van der Waals surface area contributed by atoms with E-state index in [1.54, 1.807) is 0 Å². The monoisotopic (exact) mass is 233 g/mol. The molecule has 1 aromatic heterocycles. The van der Waals surface area contributed by atoms with E-state index in [0.29, 0.717) is 18.2 Å². The zero-order valence-electron chi connectivity index (χ0n) is 10.1. The van der Waals surface area contributed by atoms with E-state index in [0.717, 1.165) is 38.3 Å². The Bertz CT molecular complexity index is 407. The van der Waals surface area contributed by atoms with Crippen molar-refractivity contribution in [3.63, 3.8) is 0 Å². The zero-order chi connectivity index (χ0) is 11.7. The number of carbonyl (C=O) groups is 1. The smallest absolute Gasteiger partial charge is 0.149 e. The van der Waals surface area contributed by atoms with Crippen molar-refractivity contribution in [2.45, 2.75) is 38.8 Å². The van der Waals surface area contributed by atoms with Gasteiger partial charge in [0.1, 0.15) is 11.6 Å². The van der Waals surface area contributed by atoms with Gasteiger partial charge >= 0.3 is 0 Å². The third-order valence-corrected chi connectivity index (χ3v) is 4.01. The van der Waals surface area contributed by atoms with Gasteiger partial charge in [-0.15, -0.1) is 0 Å². The molecule has 1 saturated carbocycles. The molecule has 0 unspecified atom stereocenters. The number of fused-ring (bicyclic) bond motifs is 1. The average molecular weight is 233 g/mol. The second-order valence-corrected chi connectivity index (χ2v) is 5.20. The summed E-state index contributed by atoms with van der Waals surface area (Å²) in [5.74, 6) is 1.88. The molecule has 1 fully saturated rings. The Labute approximate surface area is 102 Å². The Morgan fingerprint density at radius 3 is 3.00 bits per heavy atom. The van der Waals surface area contributed by atoms with Gasteiger partial charge in [0.05, 0.1) is 13.1 Å². The third-order valence-electron chi connectivity index (χ3n) is 4.01. The van der Waals surface area contributed by atoms with Crippen molar-refractivity contribution in [2.75, 3.05) is 13.1 Å². The maximum absolute atomic E-state index is 12.1. The number of rotatable bonds is 3. The summed E-state index contributed by atoms with van der Waals surface area (Å²) < 4.78 is 2.18. The van der Waals surface area contributed by atoms with Crippen LogP contribution < -0.4 is 0 Å². The van der Waals surface area contributed by atoms with E-state index in [2.05, 4.69) is 14.5 Å². The van der Waals surface area contributed by atoms with E-state index in [-0.39, 0.29) is 0 Å². The van der Waals surface area contributed by atoms with Gasteiger partial charge in [-0.2, -0.15) is 0 Å². The molecule has 4 nitrogen and oxygen atoms in total. The Hall–Kier alpha value is -1.16. The lowest BCUT2D eigenvalue weighted by Crippen LogP contribution is -2.38. The van der Waals surface area contributed by atoms with E-state index in [1.165, 1.54) is 12.8 Å². The van der Waals surface area contributed by atoms with Crippen LogP contribution in [0.4, 0.5) is 0 Å². The molecule has 0 atom stereocenters. The second kappa shape index (κ2) is 4.61. The number of hydrogen-bond donors (Lipinski definition) is 0. The molecule has 0 N–H and O–H groups in total. The highest BCUT2D eigenvalue weighted by molar-refractivity contribution is 5.83. The van der Waals surface area contributed by atoms with Gasteiger partial charge in [-0.3, -0.25) is 9.69 Å². The molecule has 1 aromatic rings. The molecule has 17 heavy (non-hydrogen) atoms. The lowest BCUT2D eigenvalue weighted by Gasteiger charge is -2.27. The fourth-order valence-electron chi connectivity index (χ4n) is 2.96. The van der Waals surface area contributed by atoms with Crippen molar-refractivity contribution in [3.05, 3.63) is 18.2 Å². The maximum atomic E-state index is 12.1. The Morgan fingerprint density at radius 2 is 2.18 bits per heavy atom. The van der Waals surface area contributed by atoms with E-state index in [9.17, 15) is 4.79 Å². The first-order valence-electron chi connectivity index (χ1n) is 6.58. The summed E-state index contributed by atoms with van der Waals surface area (Å²) in [6, 6.07) is 0. The van der Waals surface area contributed by atoms with Crippen molar-refractivity contribution in [1.82, 2.24) is 14.5 Å². The first kappa shape index (κ1) is 11.0. The van der Waals surface area contributed by atoms with Crippen LogP contribution in [0.15, 0.2) is 12.4 Å². The van der Waals surface area contributed by atoms with Crippen LogP contribution in [0.5, 0.6) is 0 Å². The number of imidazole rings is 1. The van der Waals surface area contributed by atoms with Crippen molar-refractivity contribution >= 4 is 5.78 Å². The number of aromatic nitrogens is 2. The van der Waals surface area contributed by atoms with Gasteiger partial charge in [0.15, 0.2) is 0 Å². The molecule has 0 aromatic carbocycles. The van der Waals surface area contributed by atoms with Crippen molar-refractivity contribution in [3.8, 4) is 0 Å². The van der Waals surface area contributed by atoms with Gasteiger partial charge < -0.3 is 4.57 Å². The summed E-state index contributed by atoms with van der Waals surface area (Å²) in [6.07, 6.45) is 8.56. The summed E-state index contributed by atoms with van der Waals surface area (Å²) in [4.78, 5) is 18.7. The number of ketones is 1. The van der Waals surface area contributed by atoms with Gasteiger partial charge in [0.2, 0.25) is 0 Å². The average Bonchev–Trinajstić information content (AvgIpc) is 2.99. The minimum atomic E-state index is 0.344. The van der Waals surface area contributed by atoms with E-state index in [1.807, 2.05) is 12.4 Å². The topological polar surface area (TPSA) is 38.1 Å². The largest absolute Gasteiger partial charge is 0.333 e. The van der Waals surface area contributed by atoms with Gasteiger partial charge in [0.25, 0.3) is 0 Å². The molecule has 2 heterocycles. The first-order valence-corrected chi connectivity index (χ1v) is 6.58. The highest BCUT2D eigenvalue weighted by atomic mass is 16.1. The minimum absolute atomic E-state index is 0.344. The van der Waals surface area contributed by atoms with Gasteiger partial charge in [-0.1, -0.05) is 12.8 Å². The van der Waals surface area contributed by atoms with Gasteiger partial charge in [-0.25, -0.2) is 4.98 Å². The molecule has 92 valence electrons. The van der Waals surface area contributed by atoms with Crippen LogP contribution in [0.25, 0.3) is 0 Å². The first-order chi connectivity index (χ1) is 8.33. The molecule has 0 spiro atoms. The molecule has 1 aliphatic carbocycles. The molecule has 4 heteroatoms. The van der Waals surface area contributed by atoms with Crippen LogP contribution in [0.1, 0.15) is 31.5 Å². The van der Waals surface area contributed by atoms with Crippen molar-refractivity contribution < 1.29 is 4.79 Å². The van der Waals surface area contributed by atoms with E-state index in [4.69, 9.17) is 0 Å². The molecule has 0 amide bonds. The number of Topliss-reactive ketones (excluding diaryl/α,β-unsaturated/α-hetero) is 1. The van der Waals surface area contributed by atoms with Crippen LogP contribution in [0.3, 0.4) is 0 Å². The minimum Gasteiger partial charge on any atom is -0.333 e. The van der Waals surface area contributed by atoms with Gasteiger partial charge in [0, 0.05) is 31.4 Å². The standard InChI is InChI=1S/C13H19N3O/c17-12(11-3-1-2-4-11)9-15-7-8-16-6-5-14-13(16)10-15/h5-6,11H,1-4,7-10H2. The molecule has 1 aliphatic heterocycles. The molecule has 3 rings (SSSR count). The fraction of sp³-hybridized carbons (Fsp3) is 0.692. The highest BCUT2D eigenvalue weighted by Gasteiger charge is 2.25. The lowest BCUT2D eigenvalue weighted by atomic mass is 10.0. The maximum Gasteiger partial charge on any atom is 0.149 e. The SMILES string of the molecule is O=C(CN1CCn2ccnc2C1)C1CCCC1. The predicted octanol–water partition coefficient (Wildman–Crippen LogP) is 1.46. The normalized spacial score (nSPS) is 21.6. The summed E-state index contributed by atoms with van der Waals surface area (Å²) >= 11 is 0. The number of nitrogens with zero attached hydrogens (tertiary/aromatic N) is 3. The molecular weight excluding hydrogens is 214 g/mol. The highest BCUT2D eigenvalue weighted by Crippen LogP contribution is 2.26. The van der Waals surface area contributed by atoms with Crippen LogP contribution in [0, 0.1) is 5.92 Å². The predicted molar refractivity (Wildman–Crippen MR) is 64.5 cm³/mol. The summed E-state index contributed by atoms with van der Waals surface area (Å²) in [7, 11) is 0. The van der Waals surface area contributed by atoms with Crippen LogP contribution in [-0.2, 0) is 17.9 Å².